The molecule has 4 rings (SSSR count). The number of aromatic nitrogens is 1. The molecule has 6 heteroatoms. The SMILES string of the molecule is Cc1oc(-c2ccccc2)nc1CCOc1ccc(N(C)Cc2ccccc2C(=O)O)cc1. The van der Waals surface area contributed by atoms with Gasteiger partial charge in [0.15, 0.2) is 0 Å². The van der Waals surface area contributed by atoms with E-state index in [9.17, 15) is 9.90 Å². The summed E-state index contributed by atoms with van der Waals surface area (Å²) in [4.78, 5) is 18.1. The lowest BCUT2D eigenvalue weighted by molar-refractivity contribution is 0.0695. The zero-order valence-corrected chi connectivity index (χ0v) is 18.7. The third-order valence-electron chi connectivity index (χ3n) is 5.45. The van der Waals surface area contributed by atoms with Gasteiger partial charge >= 0.3 is 5.97 Å². The van der Waals surface area contributed by atoms with Crippen molar-refractivity contribution in [3.8, 4) is 17.2 Å². The van der Waals surface area contributed by atoms with Crippen LogP contribution in [-0.4, -0.2) is 29.7 Å². The van der Waals surface area contributed by atoms with Crippen LogP contribution in [0, 0.1) is 6.92 Å². The Hall–Kier alpha value is -4.06. The number of anilines is 1. The van der Waals surface area contributed by atoms with E-state index in [0.29, 0.717) is 31.0 Å². The molecule has 0 aliphatic heterocycles. The first kappa shape index (κ1) is 22.1. The monoisotopic (exact) mass is 442 g/mol. The smallest absolute Gasteiger partial charge is 0.336 e. The minimum atomic E-state index is -0.916. The van der Waals surface area contributed by atoms with Crippen molar-refractivity contribution >= 4 is 11.7 Å². The number of carboxylic acid groups (broad SMARTS) is 1. The second kappa shape index (κ2) is 10.0. The van der Waals surface area contributed by atoms with Crippen molar-refractivity contribution in [2.24, 2.45) is 0 Å². The summed E-state index contributed by atoms with van der Waals surface area (Å²) in [5.74, 6) is 1.28. The highest BCUT2D eigenvalue weighted by atomic mass is 16.5. The fraction of sp³-hybridized carbons (Fsp3) is 0.185. The van der Waals surface area contributed by atoms with Gasteiger partial charge in [0.25, 0.3) is 0 Å². The molecule has 168 valence electrons. The molecule has 1 N–H and O–H groups in total. The molecule has 0 spiro atoms. The molecule has 3 aromatic carbocycles. The minimum absolute atomic E-state index is 0.322. The van der Waals surface area contributed by atoms with Crippen molar-refractivity contribution in [1.82, 2.24) is 4.98 Å². The summed E-state index contributed by atoms with van der Waals surface area (Å²) in [5, 5.41) is 9.38. The van der Waals surface area contributed by atoms with Crippen LogP contribution in [0.4, 0.5) is 5.69 Å². The molecule has 1 heterocycles. The summed E-state index contributed by atoms with van der Waals surface area (Å²) in [5.41, 5.74) is 3.91. The maximum Gasteiger partial charge on any atom is 0.336 e. The van der Waals surface area contributed by atoms with Crippen molar-refractivity contribution in [3.05, 3.63) is 101 Å². The molecule has 0 aliphatic carbocycles. The standard InChI is InChI=1S/C27H26N2O4/c1-19-25(28-26(33-19)20-8-4-3-5-9-20)16-17-32-23-14-12-22(13-15-23)29(2)18-21-10-6-7-11-24(21)27(30)31/h3-15H,16-18H2,1-2H3,(H,30,31). The second-order valence-electron chi connectivity index (χ2n) is 7.80. The lowest BCUT2D eigenvalue weighted by Crippen LogP contribution is -2.18. The third-order valence-corrected chi connectivity index (χ3v) is 5.45. The van der Waals surface area contributed by atoms with Gasteiger partial charge in [-0.1, -0.05) is 36.4 Å². The van der Waals surface area contributed by atoms with E-state index in [1.165, 1.54) is 0 Å². The summed E-state index contributed by atoms with van der Waals surface area (Å²) in [6.45, 7) is 2.91. The molecule has 0 saturated heterocycles. The van der Waals surface area contributed by atoms with E-state index in [2.05, 4.69) is 4.98 Å². The molecule has 4 aromatic rings. The Morgan fingerprint density at radius 3 is 2.42 bits per heavy atom. The number of carboxylic acids is 1. The molecule has 0 atom stereocenters. The van der Waals surface area contributed by atoms with Gasteiger partial charge in [0, 0.05) is 31.3 Å². The molecule has 0 unspecified atom stereocenters. The summed E-state index contributed by atoms with van der Waals surface area (Å²) < 4.78 is 11.7. The van der Waals surface area contributed by atoms with Crippen molar-refractivity contribution in [2.45, 2.75) is 19.9 Å². The van der Waals surface area contributed by atoms with Crippen LogP contribution in [0.3, 0.4) is 0 Å². The van der Waals surface area contributed by atoms with Crippen LogP contribution in [-0.2, 0) is 13.0 Å². The van der Waals surface area contributed by atoms with Gasteiger partial charge < -0.3 is 19.2 Å². The molecule has 0 saturated carbocycles. The molecule has 0 bridgehead atoms. The molecular formula is C27H26N2O4. The number of nitrogens with zero attached hydrogens (tertiary/aromatic N) is 2. The van der Waals surface area contributed by atoms with Gasteiger partial charge in [-0.05, 0) is 55.0 Å². The van der Waals surface area contributed by atoms with Crippen LogP contribution >= 0.6 is 0 Å². The zero-order chi connectivity index (χ0) is 23.2. The van der Waals surface area contributed by atoms with Crippen LogP contribution in [0.1, 0.15) is 27.4 Å². The fourth-order valence-corrected chi connectivity index (χ4v) is 3.64. The van der Waals surface area contributed by atoms with Crippen LogP contribution in [0.5, 0.6) is 5.75 Å². The Kier molecular flexibility index (Phi) is 6.74. The van der Waals surface area contributed by atoms with Gasteiger partial charge in [-0.2, -0.15) is 0 Å². The highest BCUT2D eigenvalue weighted by Gasteiger charge is 2.13. The number of benzene rings is 3. The van der Waals surface area contributed by atoms with E-state index >= 15 is 0 Å². The second-order valence-corrected chi connectivity index (χ2v) is 7.80. The maximum absolute atomic E-state index is 11.4. The first-order valence-corrected chi connectivity index (χ1v) is 10.8. The molecule has 0 radical (unpaired) electrons. The number of rotatable bonds is 9. The summed E-state index contributed by atoms with van der Waals surface area (Å²) >= 11 is 0. The Bertz CT molecular complexity index is 1220. The normalized spacial score (nSPS) is 10.7. The van der Waals surface area contributed by atoms with E-state index in [4.69, 9.17) is 9.15 Å². The van der Waals surface area contributed by atoms with E-state index in [1.807, 2.05) is 85.6 Å². The van der Waals surface area contributed by atoms with Gasteiger partial charge in [-0.3, -0.25) is 0 Å². The molecular weight excluding hydrogens is 416 g/mol. The number of carbonyl (C=O) groups is 1. The topological polar surface area (TPSA) is 75.8 Å². The van der Waals surface area contributed by atoms with E-state index in [-0.39, 0.29) is 0 Å². The molecule has 0 aliphatic rings. The molecule has 0 fully saturated rings. The predicted octanol–water partition coefficient (Wildman–Crippen LogP) is 5.61. The van der Waals surface area contributed by atoms with Gasteiger partial charge in [0.1, 0.15) is 11.5 Å². The number of hydrogen-bond acceptors (Lipinski definition) is 5. The van der Waals surface area contributed by atoms with Crippen LogP contribution in [0.15, 0.2) is 83.3 Å². The summed E-state index contributed by atoms with van der Waals surface area (Å²) in [6.07, 6.45) is 0.649. The first-order chi connectivity index (χ1) is 16.0. The molecule has 0 amide bonds. The average molecular weight is 443 g/mol. The van der Waals surface area contributed by atoms with Gasteiger partial charge in [0.05, 0.1) is 17.9 Å². The molecule has 6 nitrogen and oxygen atoms in total. The highest BCUT2D eigenvalue weighted by Crippen LogP contribution is 2.23. The molecule has 1 aromatic heterocycles. The number of aromatic carboxylic acids is 1. The third kappa shape index (κ3) is 5.41. The van der Waals surface area contributed by atoms with Crippen LogP contribution in [0.25, 0.3) is 11.5 Å². The van der Waals surface area contributed by atoms with Crippen LogP contribution < -0.4 is 9.64 Å². The van der Waals surface area contributed by atoms with E-state index < -0.39 is 5.97 Å². The number of oxazole rings is 1. The largest absolute Gasteiger partial charge is 0.493 e. The first-order valence-electron chi connectivity index (χ1n) is 10.8. The van der Waals surface area contributed by atoms with Crippen molar-refractivity contribution in [1.29, 1.82) is 0 Å². The zero-order valence-electron chi connectivity index (χ0n) is 18.7. The Morgan fingerprint density at radius 1 is 1.00 bits per heavy atom. The highest BCUT2D eigenvalue weighted by molar-refractivity contribution is 5.89. The van der Waals surface area contributed by atoms with Gasteiger partial charge in [-0.15, -0.1) is 0 Å². The fourth-order valence-electron chi connectivity index (χ4n) is 3.64. The lowest BCUT2D eigenvalue weighted by atomic mass is 10.1. The van der Waals surface area contributed by atoms with Crippen molar-refractivity contribution < 1.29 is 19.1 Å². The van der Waals surface area contributed by atoms with E-state index in [0.717, 1.165) is 34.0 Å². The van der Waals surface area contributed by atoms with Crippen molar-refractivity contribution in [3.63, 3.8) is 0 Å². The van der Waals surface area contributed by atoms with Crippen molar-refractivity contribution in [2.75, 3.05) is 18.6 Å². The molecule has 33 heavy (non-hydrogen) atoms. The van der Waals surface area contributed by atoms with Gasteiger partial charge in [-0.25, -0.2) is 9.78 Å². The van der Waals surface area contributed by atoms with Crippen LogP contribution in [0.2, 0.25) is 0 Å². The number of ether oxygens (including phenoxy) is 1. The Labute approximate surface area is 193 Å². The average Bonchev–Trinajstić information content (AvgIpc) is 3.20. The Balaban J connectivity index is 1.33. The Morgan fingerprint density at radius 2 is 1.70 bits per heavy atom. The quantitative estimate of drug-likeness (QED) is 0.363. The minimum Gasteiger partial charge on any atom is -0.493 e. The summed E-state index contributed by atoms with van der Waals surface area (Å²) in [6, 6.07) is 24.7. The summed E-state index contributed by atoms with van der Waals surface area (Å²) in [7, 11) is 1.94. The lowest BCUT2D eigenvalue weighted by Gasteiger charge is -2.20. The number of hydrogen-bond donors (Lipinski definition) is 1. The van der Waals surface area contributed by atoms with E-state index in [1.54, 1.807) is 12.1 Å². The maximum atomic E-state index is 11.4. The number of aryl methyl sites for hydroxylation is 1. The predicted molar refractivity (Wildman–Crippen MR) is 128 cm³/mol. The van der Waals surface area contributed by atoms with Gasteiger partial charge in [0.2, 0.25) is 5.89 Å².